The molecule has 3 aliphatic rings. The molecular formula is C25H26F2N4O3. The zero-order chi connectivity index (χ0) is 24.0. The van der Waals surface area contributed by atoms with E-state index in [1.54, 1.807) is 12.1 Å². The third kappa shape index (κ3) is 4.16. The lowest BCUT2D eigenvalue weighted by Crippen LogP contribution is -2.52. The number of nitrogens with zero attached hydrogens (tertiary/aromatic N) is 3. The van der Waals surface area contributed by atoms with E-state index < -0.39 is 17.8 Å². The minimum atomic E-state index is -0.727. The van der Waals surface area contributed by atoms with Gasteiger partial charge in [-0.25, -0.2) is 8.78 Å². The Labute approximate surface area is 196 Å². The van der Waals surface area contributed by atoms with Crippen LogP contribution in [0.25, 0.3) is 0 Å². The summed E-state index contributed by atoms with van der Waals surface area (Å²) in [5.74, 6) is -1.92. The number of rotatable bonds is 4. The van der Waals surface area contributed by atoms with Gasteiger partial charge in [-0.2, -0.15) is 0 Å². The van der Waals surface area contributed by atoms with Crippen LogP contribution in [0.3, 0.4) is 0 Å². The zero-order valence-electron chi connectivity index (χ0n) is 18.9. The monoisotopic (exact) mass is 468 g/mol. The molecule has 9 heteroatoms. The molecule has 1 atom stereocenters. The molecule has 0 aromatic heterocycles. The third-order valence-electron chi connectivity index (χ3n) is 6.90. The first-order valence-electron chi connectivity index (χ1n) is 11.5. The molecule has 2 aromatic carbocycles. The molecule has 7 nitrogen and oxygen atoms in total. The molecule has 3 aliphatic heterocycles. The van der Waals surface area contributed by atoms with Gasteiger partial charge in [0.2, 0.25) is 11.8 Å². The van der Waals surface area contributed by atoms with Crippen molar-refractivity contribution in [3.8, 4) is 0 Å². The van der Waals surface area contributed by atoms with E-state index in [1.807, 2.05) is 17.9 Å². The number of hydrogen-bond donors (Lipinski definition) is 1. The lowest BCUT2D eigenvalue weighted by atomic mass is 10.0. The summed E-state index contributed by atoms with van der Waals surface area (Å²) in [5.41, 5.74) is 3.04. The summed E-state index contributed by atoms with van der Waals surface area (Å²) in [5, 5.41) is 2.27. The highest BCUT2D eigenvalue weighted by molar-refractivity contribution is 6.05. The summed E-state index contributed by atoms with van der Waals surface area (Å²) in [6.07, 6.45) is 0.441. The van der Waals surface area contributed by atoms with E-state index in [1.165, 1.54) is 17.0 Å². The third-order valence-corrected chi connectivity index (χ3v) is 6.90. The molecule has 2 fully saturated rings. The van der Waals surface area contributed by atoms with E-state index in [0.717, 1.165) is 5.56 Å². The highest BCUT2D eigenvalue weighted by atomic mass is 19.1. The lowest BCUT2D eigenvalue weighted by Gasteiger charge is -2.36. The molecule has 5 rings (SSSR count). The second-order valence-electron chi connectivity index (χ2n) is 9.22. The maximum Gasteiger partial charge on any atom is 0.255 e. The Balaban J connectivity index is 1.27. The summed E-state index contributed by atoms with van der Waals surface area (Å²) in [6.45, 7) is 5.12. The fourth-order valence-electron chi connectivity index (χ4n) is 5.03. The van der Waals surface area contributed by atoms with Crippen LogP contribution in [0.2, 0.25) is 0 Å². The number of anilines is 1. The van der Waals surface area contributed by atoms with Crippen molar-refractivity contribution in [2.75, 3.05) is 31.1 Å². The van der Waals surface area contributed by atoms with Crippen LogP contribution in [0.1, 0.15) is 39.9 Å². The number of piperazine rings is 1. The average molecular weight is 469 g/mol. The summed E-state index contributed by atoms with van der Waals surface area (Å²) >= 11 is 0. The van der Waals surface area contributed by atoms with Crippen LogP contribution >= 0.6 is 0 Å². The van der Waals surface area contributed by atoms with Gasteiger partial charge in [0, 0.05) is 56.8 Å². The van der Waals surface area contributed by atoms with Crippen molar-refractivity contribution in [3.63, 3.8) is 0 Å². The Morgan fingerprint density at radius 1 is 1.00 bits per heavy atom. The second kappa shape index (κ2) is 8.79. The van der Waals surface area contributed by atoms with Gasteiger partial charge in [-0.15, -0.1) is 0 Å². The molecule has 3 heterocycles. The number of nitrogens with one attached hydrogen (secondary N) is 1. The van der Waals surface area contributed by atoms with Gasteiger partial charge in [0.25, 0.3) is 5.91 Å². The molecule has 0 aliphatic carbocycles. The minimum Gasteiger partial charge on any atom is -0.367 e. The number of aryl methyl sites for hydroxylation is 1. The van der Waals surface area contributed by atoms with Crippen LogP contribution in [0.5, 0.6) is 0 Å². The van der Waals surface area contributed by atoms with Crippen molar-refractivity contribution in [2.24, 2.45) is 0 Å². The smallest absolute Gasteiger partial charge is 0.255 e. The van der Waals surface area contributed by atoms with E-state index >= 15 is 4.39 Å². The topological polar surface area (TPSA) is 73.0 Å². The summed E-state index contributed by atoms with van der Waals surface area (Å²) in [6, 6.07) is 7.32. The van der Waals surface area contributed by atoms with Crippen LogP contribution in [0, 0.1) is 18.6 Å². The van der Waals surface area contributed by atoms with Gasteiger partial charge in [0.15, 0.2) is 0 Å². The Morgan fingerprint density at radius 2 is 1.76 bits per heavy atom. The van der Waals surface area contributed by atoms with E-state index in [0.29, 0.717) is 49.5 Å². The fourth-order valence-corrected chi connectivity index (χ4v) is 5.03. The Kier molecular flexibility index (Phi) is 5.81. The maximum atomic E-state index is 15.0. The highest BCUT2D eigenvalue weighted by Gasteiger charge is 2.40. The molecule has 0 saturated carbocycles. The van der Waals surface area contributed by atoms with Gasteiger partial charge in [0.05, 0.1) is 5.69 Å². The number of hydrogen-bond acceptors (Lipinski definition) is 5. The van der Waals surface area contributed by atoms with Crippen LogP contribution in [-0.4, -0.2) is 59.7 Å². The standard InChI is InChI=1S/C25H26F2N4O3/c1-15-2-3-19(26)17(10-15)13-29-6-8-30(9-7-29)22-11-16-14-31(25(34)18(16)12-20(22)27)21-4-5-23(32)28-24(21)33/h2-3,10-12,21H,4-9,13-14H2,1H3,(H,28,32,33). The molecule has 2 aromatic rings. The van der Waals surface area contributed by atoms with Gasteiger partial charge in [-0.3, -0.25) is 24.6 Å². The Bertz CT molecular complexity index is 1180. The lowest BCUT2D eigenvalue weighted by molar-refractivity contribution is -0.136. The number of carbonyl (C=O) groups is 3. The number of carbonyl (C=O) groups excluding carboxylic acids is 3. The predicted molar refractivity (Wildman–Crippen MR) is 121 cm³/mol. The minimum absolute atomic E-state index is 0.173. The van der Waals surface area contributed by atoms with E-state index in [2.05, 4.69) is 10.2 Å². The molecule has 178 valence electrons. The first-order valence-corrected chi connectivity index (χ1v) is 11.5. The largest absolute Gasteiger partial charge is 0.367 e. The predicted octanol–water partition coefficient (Wildman–Crippen LogP) is 2.36. The highest BCUT2D eigenvalue weighted by Crippen LogP contribution is 2.33. The van der Waals surface area contributed by atoms with Crippen molar-refractivity contribution in [1.82, 2.24) is 15.1 Å². The first-order chi connectivity index (χ1) is 16.3. The van der Waals surface area contributed by atoms with Gasteiger partial charge in [-0.1, -0.05) is 17.7 Å². The number of piperidine rings is 1. The van der Waals surface area contributed by atoms with Crippen molar-refractivity contribution < 1.29 is 23.2 Å². The van der Waals surface area contributed by atoms with E-state index in [-0.39, 0.29) is 42.6 Å². The van der Waals surface area contributed by atoms with Crippen molar-refractivity contribution in [1.29, 1.82) is 0 Å². The number of halogens is 2. The Hall–Kier alpha value is -3.33. The Morgan fingerprint density at radius 3 is 2.50 bits per heavy atom. The molecule has 1 unspecified atom stereocenters. The fraction of sp³-hybridized carbons (Fsp3) is 0.400. The summed E-state index contributed by atoms with van der Waals surface area (Å²) in [7, 11) is 0. The quantitative estimate of drug-likeness (QED) is 0.698. The molecule has 2 saturated heterocycles. The molecule has 3 amide bonds. The number of imide groups is 1. The molecule has 34 heavy (non-hydrogen) atoms. The van der Waals surface area contributed by atoms with Gasteiger partial charge in [0.1, 0.15) is 17.7 Å². The molecule has 0 spiro atoms. The van der Waals surface area contributed by atoms with Crippen molar-refractivity contribution in [3.05, 3.63) is 64.2 Å². The van der Waals surface area contributed by atoms with Crippen molar-refractivity contribution in [2.45, 2.75) is 38.9 Å². The molecule has 0 bridgehead atoms. The van der Waals surface area contributed by atoms with E-state index in [9.17, 15) is 18.8 Å². The van der Waals surface area contributed by atoms with Gasteiger partial charge in [-0.05, 0) is 37.1 Å². The second-order valence-corrected chi connectivity index (χ2v) is 9.22. The SMILES string of the molecule is Cc1ccc(F)c(CN2CCN(c3cc4c(cc3F)C(=O)N(C3CCC(=O)NC3=O)C4)CC2)c1. The first kappa shape index (κ1) is 22.5. The normalized spacial score (nSPS) is 21.1. The maximum absolute atomic E-state index is 15.0. The summed E-state index contributed by atoms with van der Waals surface area (Å²) in [4.78, 5) is 42.1. The van der Waals surface area contributed by atoms with Crippen LogP contribution in [0.15, 0.2) is 30.3 Å². The summed E-state index contributed by atoms with van der Waals surface area (Å²) < 4.78 is 29.2. The number of amides is 3. The molecule has 1 N–H and O–H groups in total. The van der Waals surface area contributed by atoms with Gasteiger partial charge >= 0.3 is 0 Å². The zero-order valence-corrected chi connectivity index (χ0v) is 18.9. The van der Waals surface area contributed by atoms with Crippen LogP contribution < -0.4 is 10.2 Å². The van der Waals surface area contributed by atoms with Gasteiger partial charge < -0.3 is 9.80 Å². The molecule has 0 radical (unpaired) electrons. The van der Waals surface area contributed by atoms with Crippen LogP contribution in [-0.2, 0) is 22.7 Å². The van der Waals surface area contributed by atoms with E-state index in [4.69, 9.17) is 0 Å². The average Bonchev–Trinajstić information content (AvgIpc) is 3.11. The number of fused-ring (bicyclic) bond motifs is 1. The van der Waals surface area contributed by atoms with Crippen LogP contribution in [0.4, 0.5) is 14.5 Å². The number of benzene rings is 2. The van der Waals surface area contributed by atoms with Crippen molar-refractivity contribution >= 4 is 23.4 Å². The molecular weight excluding hydrogens is 442 g/mol.